The molecule has 4 heteroatoms. The summed E-state index contributed by atoms with van der Waals surface area (Å²) in [5.41, 5.74) is 0. The van der Waals surface area contributed by atoms with Gasteiger partial charge in [0.25, 0.3) is 0 Å². The molecule has 4 nitrogen and oxygen atoms in total. The van der Waals surface area contributed by atoms with E-state index in [0.717, 1.165) is 18.2 Å². The molecule has 1 aromatic rings. The zero-order valence-corrected chi connectivity index (χ0v) is 10.5. The van der Waals surface area contributed by atoms with Crippen molar-refractivity contribution in [1.29, 1.82) is 0 Å². The number of piperidine rings is 1. The van der Waals surface area contributed by atoms with Gasteiger partial charge >= 0.3 is 0 Å². The van der Waals surface area contributed by atoms with Gasteiger partial charge in [0.15, 0.2) is 0 Å². The fourth-order valence-electron chi connectivity index (χ4n) is 3.29. The molecule has 2 aliphatic heterocycles. The summed E-state index contributed by atoms with van der Waals surface area (Å²) in [4.78, 5) is 10.2. The number of rotatable bonds is 4. The average Bonchev–Trinajstić information content (AvgIpc) is 2.99. The monoisotopic (exact) mass is 234 g/mol. The van der Waals surface area contributed by atoms with Crippen LogP contribution >= 0.6 is 0 Å². The summed E-state index contributed by atoms with van der Waals surface area (Å²) in [5, 5.41) is 3.82. The summed E-state index contributed by atoms with van der Waals surface area (Å²) in [6.07, 6.45) is 7.52. The molecule has 1 aromatic heterocycles. The Kier molecular flexibility index (Phi) is 3.16. The number of nitrogens with one attached hydrogen (secondary N) is 2. The fraction of sp³-hybridized carbons (Fsp3) is 0.769. The Balaban J connectivity index is 1.65. The van der Waals surface area contributed by atoms with Crippen molar-refractivity contribution in [2.75, 3.05) is 19.6 Å². The maximum atomic E-state index is 4.39. The highest BCUT2D eigenvalue weighted by molar-refractivity contribution is 4.99. The smallest absolute Gasteiger partial charge is 0.123 e. The predicted molar refractivity (Wildman–Crippen MR) is 67.7 cm³/mol. The highest BCUT2D eigenvalue weighted by atomic mass is 15.2. The van der Waals surface area contributed by atoms with Gasteiger partial charge in [0.2, 0.25) is 0 Å². The van der Waals surface area contributed by atoms with E-state index in [1.165, 1.54) is 32.5 Å². The van der Waals surface area contributed by atoms with Crippen LogP contribution < -0.4 is 5.32 Å². The molecule has 2 aliphatic rings. The Morgan fingerprint density at radius 3 is 3.18 bits per heavy atom. The van der Waals surface area contributed by atoms with Gasteiger partial charge in [-0.15, -0.1) is 0 Å². The SMILES string of the molecule is CCC(NC1CCN2CCC1C2)c1ncc[nH]1. The molecule has 94 valence electrons. The summed E-state index contributed by atoms with van der Waals surface area (Å²) in [6.45, 7) is 6.10. The number of aromatic nitrogens is 2. The van der Waals surface area contributed by atoms with Crippen molar-refractivity contribution < 1.29 is 0 Å². The Morgan fingerprint density at radius 2 is 2.41 bits per heavy atom. The quantitative estimate of drug-likeness (QED) is 0.830. The first-order valence-corrected chi connectivity index (χ1v) is 6.84. The normalized spacial score (nSPS) is 33.8. The standard InChI is InChI=1S/C13H22N4/c1-2-11(13-14-5-6-15-13)16-12-4-8-17-7-3-10(12)9-17/h5-6,10-12,16H,2-4,7-9H2,1H3,(H,14,15). The minimum absolute atomic E-state index is 0.391. The van der Waals surface area contributed by atoms with Gasteiger partial charge in [-0.3, -0.25) is 0 Å². The molecule has 0 amide bonds. The fourth-order valence-corrected chi connectivity index (χ4v) is 3.29. The van der Waals surface area contributed by atoms with E-state index in [2.05, 4.69) is 27.1 Å². The number of hydrogen-bond acceptors (Lipinski definition) is 3. The van der Waals surface area contributed by atoms with Crippen LogP contribution in [-0.2, 0) is 0 Å². The third-order valence-corrected chi connectivity index (χ3v) is 4.31. The van der Waals surface area contributed by atoms with Crippen LogP contribution in [-0.4, -0.2) is 40.5 Å². The van der Waals surface area contributed by atoms with Crippen LogP contribution in [0.3, 0.4) is 0 Å². The molecule has 0 aromatic carbocycles. The van der Waals surface area contributed by atoms with Gasteiger partial charge in [0.05, 0.1) is 6.04 Å². The van der Waals surface area contributed by atoms with E-state index < -0.39 is 0 Å². The first-order valence-electron chi connectivity index (χ1n) is 6.84. The lowest BCUT2D eigenvalue weighted by molar-refractivity contribution is 0.207. The van der Waals surface area contributed by atoms with E-state index >= 15 is 0 Å². The summed E-state index contributed by atoms with van der Waals surface area (Å²) in [7, 11) is 0. The predicted octanol–water partition coefficient (Wildman–Crippen LogP) is 1.54. The number of imidazole rings is 1. The van der Waals surface area contributed by atoms with Gasteiger partial charge in [0, 0.05) is 25.0 Å². The summed E-state index contributed by atoms with van der Waals surface area (Å²) >= 11 is 0. The molecular formula is C13H22N4. The highest BCUT2D eigenvalue weighted by Gasteiger charge is 2.35. The first-order chi connectivity index (χ1) is 8.36. The Morgan fingerprint density at radius 1 is 1.53 bits per heavy atom. The lowest BCUT2D eigenvalue weighted by Crippen LogP contribution is -2.45. The average molecular weight is 234 g/mol. The summed E-state index contributed by atoms with van der Waals surface area (Å²) in [6, 6.07) is 1.07. The van der Waals surface area contributed by atoms with Crippen LogP contribution in [0.15, 0.2) is 12.4 Å². The third-order valence-electron chi connectivity index (χ3n) is 4.31. The van der Waals surface area contributed by atoms with Crippen molar-refractivity contribution in [2.24, 2.45) is 5.92 Å². The molecule has 0 saturated carbocycles. The van der Waals surface area contributed by atoms with Crippen LogP contribution in [0.1, 0.15) is 38.1 Å². The minimum Gasteiger partial charge on any atom is -0.347 e. The van der Waals surface area contributed by atoms with Crippen LogP contribution in [0.4, 0.5) is 0 Å². The van der Waals surface area contributed by atoms with E-state index in [4.69, 9.17) is 0 Å². The van der Waals surface area contributed by atoms with E-state index in [1.807, 2.05) is 12.4 Å². The molecule has 3 heterocycles. The molecule has 2 fully saturated rings. The molecule has 0 spiro atoms. The lowest BCUT2D eigenvalue weighted by atomic mass is 9.93. The Hall–Kier alpha value is -0.870. The molecule has 17 heavy (non-hydrogen) atoms. The number of fused-ring (bicyclic) bond motifs is 2. The van der Waals surface area contributed by atoms with Crippen molar-refractivity contribution in [3.8, 4) is 0 Å². The Bertz CT molecular complexity index is 348. The molecular weight excluding hydrogens is 212 g/mol. The largest absolute Gasteiger partial charge is 0.347 e. The number of nitrogens with zero attached hydrogens (tertiary/aromatic N) is 2. The van der Waals surface area contributed by atoms with Crippen LogP contribution in [0, 0.1) is 5.92 Å². The van der Waals surface area contributed by atoms with Crippen LogP contribution in [0.25, 0.3) is 0 Å². The molecule has 4 atom stereocenters. The topological polar surface area (TPSA) is 44.0 Å². The van der Waals surface area contributed by atoms with E-state index in [9.17, 15) is 0 Å². The Labute approximate surface area is 103 Å². The van der Waals surface area contributed by atoms with E-state index in [1.54, 1.807) is 0 Å². The molecule has 3 rings (SSSR count). The zero-order chi connectivity index (χ0) is 11.7. The summed E-state index contributed by atoms with van der Waals surface area (Å²) < 4.78 is 0. The van der Waals surface area contributed by atoms with Gasteiger partial charge < -0.3 is 15.2 Å². The van der Waals surface area contributed by atoms with E-state index in [0.29, 0.717) is 12.1 Å². The second-order valence-corrected chi connectivity index (χ2v) is 5.35. The van der Waals surface area contributed by atoms with Crippen molar-refractivity contribution in [1.82, 2.24) is 20.2 Å². The number of H-pyrrole nitrogens is 1. The van der Waals surface area contributed by atoms with Crippen molar-refractivity contribution in [3.63, 3.8) is 0 Å². The van der Waals surface area contributed by atoms with Crippen LogP contribution in [0.5, 0.6) is 0 Å². The van der Waals surface area contributed by atoms with Gasteiger partial charge in [-0.2, -0.15) is 0 Å². The maximum absolute atomic E-state index is 4.39. The van der Waals surface area contributed by atoms with Crippen molar-refractivity contribution >= 4 is 0 Å². The second kappa shape index (κ2) is 4.78. The highest BCUT2D eigenvalue weighted by Crippen LogP contribution is 2.29. The second-order valence-electron chi connectivity index (χ2n) is 5.35. The van der Waals surface area contributed by atoms with E-state index in [-0.39, 0.29) is 0 Å². The molecule has 2 N–H and O–H groups in total. The number of hydrogen-bond donors (Lipinski definition) is 2. The lowest BCUT2D eigenvalue weighted by Gasteiger charge is -2.33. The molecule has 0 aliphatic carbocycles. The molecule has 0 radical (unpaired) electrons. The van der Waals surface area contributed by atoms with Gasteiger partial charge in [-0.25, -0.2) is 4.98 Å². The van der Waals surface area contributed by atoms with Gasteiger partial charge in [0.1, 0.15) is 5.82 Å². The van der Waals surface area contributed by atoms with Gasteiger partial charge in [-0.1, -0.05) is 6.92 Å². The van der Waals surface area contributed by atoms with Crippen molar-refractivity contribution in [2.45, 2.75) is 38.3 Å². The summed E-state index contributed by atoms with van der Waals surface area (Å²) in [5.74, 6) is 1.95. The van der Waals surface area contributed by atoms with Crippen LogP contribution in [0.2, 0.25) is 0 Å². The van der Waals surface area contributed by atoms with Gasteiger partial charge in [-0.05, 0) is 38.3 Å². The third kappa shape index (κ3) is 2.24. The maximum Gasteiger partial charge on any atom is 0.123 e. The first kappa shape index (κ1) is 11.2. The molecule has 4 unspecified atom stereocenters. The molecule has 2 bridgehead atoms. The zero-order valence-electron chi connectivity index (χ0n) is 10.5. The number of aromatic amines is 1. The minimum atomic E-state index is 0.391. The van der Waals surface area contributed by atoms with Crippen molar-refractivity contribution in [3.05, 3.63) is 18.2 Å². The molecule has 2 saturated heterocycles.